The summed E-state index contributed by atoms with van der Waals surface area (Å²) in [6.45, 7) is 1.50. The Morgan fingerprint density at radius 1 is 1.30 bits per heavy atom. The molecule has 0 aliphatic carbocycles. The normalized spacial score (nSPS) is 11.3. The maximum absolute atomic E-state index is 11.8. The van der Waals surface area contributed by atoms with E-state index in [9.17, 15) is 14.4 Å². The molecule has 7 nitrogen and oxygen atoms in total. The lowest BCUT2D eigenvalue weighted by molar-refractivity contribution is -0.137. The Kier molecular flexibility index (Phi) is 3.60. The third-order valence-electron chi connectivity index (χ3n) is 2.58. The molecule has 0 spiro atoms. The van der Waals surface area contributed by atoms with Gasteiger partial charge >= 0.3 is 17.4 Å². The van der Waals surface area contributed by atoms with Crippen molar-refractivity contribution in [3.05, 3.63) is 46.3 Å². The number of nitrogens with zero attached hydrogens (tertiary/aromatic N) is 1. The van der Waals surface area contributed by atoms with Crippen molar-refractivity contribution in [1.82, 2.24) is 5.43 Å². The highest BCUT2D eigenvalue weighted by Crippen LogP contribution is 2.12. The average Bonchev–Trinajstić information content (AvgIpc) is 2.43. The van der Waals surface area contributed by atoms with E-state index in [-0.39, 0.29) is 11.3 Å². The molecule has 1 aromatic heterocycles. The van der Waals surface area contributed by atoms with E-state index in [2.05, 4.69) is 5.10 Å². The molecule has 20 heavy (non-hydrogen) atoms. The summed E-state index contributed by atoms with van der Waals surface area (Å²) in [5.74, 6) is -2.22. The second-order valence-electron chi connectivity index (χ2n) is 3.99. The largest absolute Gasteiger partial charge is 0.422 e. The summed E-state index contributed by atoms with van der Waals surface area (Å²) in [4.78, 5) is 33.3. The van der Waals surface area contributed by atoms with Crippen molar-refractivity contribution in [2.75, 3.05) is 0 Å². The number of hydrogen-bond donors (Lipinski definition) is 2. The quantitative estimate of drug-likeness (QED) is 0.350. The summed E-state index contributed by atoms with van der Waals surface area (Å²) < 4.78 is 5.13. The van der Waals surface area contributed by atoms with Crippen LogP contribution in [0.4, 0.5) is 0 Å². The van der Waals surface area contributed by atoms with Gasteiger partial charge in [-0.15, -0.1) is 0 Å². The van der Waals surface area contributed by atoms with Crippen LogP contribution >= 0.6 is 0 Å². The van der Waals surface area contributed by atoms with E-state index in [1.54, 1.807) is 30.3 Å². The fourth-order valence-electron chi connectivity index (χ4n) is 1.56. The lowest BCUT2D eigenvalue weighted by Crippen LogP contribution is -2.33. The van der Waals surface area contributed by atoms with Crippen molar-refractivity contribution in [1.29, 1.82) is 0 Å². The first-order chi connectivity index (χ1) is 9.49. The van der Waals surface area contributed by atoms with Gasteiger partial charge in [-0.3, -0.25) is 9.59 Å². The molecule has 0 saturated heterocycles. The van der Waals surface area contributed by atoms with Gasteiger partial charge in [0, 0.05) is 5.39 Å². The SMILES string of the molecule is C/C(=N/NC(=O)C(N)=O)c1cc2ccccc2oc1=O. The lowest BCUT2D eigenvalue weighted by atomic mass is 10.1. The molecule has 0 aliphatic rings. The Morgan fingerprint density at radius 3 is 2.70 bits per heavy atom. The summed E-state index contributed by atoms with van der Waals surface area (Å²) in [6.07, 6.45) is 0. The van der Waals surface area contributed by atoms with Crippen LogP contribution in [-0.2, 0) is 9.59 Å². The Morgan fingerprint density at radius 2 is 2.00 bits per heavy atom. The highest BCUT2D eigenvalue weighted by molar-refractivity contribution is 6.34. The number of nitrogens with one attached hydrogen (secondary N) is 1. The summed E-state index contributed by atoms with van der Waals surface area (Å²) >= 11 is 0. The van der Waals surface area contributed by atoms with E-state index in [1.165, 1.54) is 6.92 Å². The molecule has 1 aromatic carbocycles. The molecule has 2 aromatic rings. The number of para-hydroxylation sites is 1. The number of nitrogens with two attached hydrogens (primary N) is 1. The van der Waals surface area contributed by atoms with Crippen LogP contribution in [0.1, 0.15) is 12.5 Å². The highest BCUT2D eigenvalue weighted by atomic mass is 16.4. The van der Waals surface area contributed by atoms with Crippen molar-refractivity contribution < 1.29 is 14.0 Å². The van der Waals surface area contributed by atoms with Crippen molar-refractivity contribution in [3.8, 4) is 0 Å². The van der Waals surface area contributed by atoms with E-state index in [4.69, 9.17) is 10.2 Å². The molecule has 102 valence electrons. The maximum atomic E-state index is 11.8. The van der Waals surface area contributed by atoms with Crippen LogP contribution < -0.4 is 16.8 Å². The van der Waals surface area contributed by atoms with E-state index in [1.807, 2.05) is 5.43 Å². The van der Waals surface area contributed by atoms with E-state index in [0.717, 1.165) is 5.39 Å². The molecule has 3 N–H and O–H groups in total. The fourth-order valence-corrected chi connectivity index (χ4v) is 1.56. The molecular weight excluding hydrogens is 262 g/mol. The Labute approximate surface area is 113 Å². The zero-order valence-electron chi connectivity index (χ0n) is 10.5. The third-order valence-corrected chi connectivity index (χ3v) is 2.58. The van der Waals surface area contributed by atoms with Crippen LogP contribution in [0.25, 0.3) is 11.0 Å². The molecule has 0 radical (unpaired) electrons. The van der Waals surface area contributed by atoms with Gasteiger partial charge in [0.05, 0.1) is 11.3 Å². The summed E-state index contributed by atoms with van der Waals surface area (Å²) in [6, 6.07) is 8.59. The summed E-state index contributed by atoms with van der Waals surface area (Å²) in [7, 11) is 0. The first-order valence-electron chi connectivity index (χ1n) is 5.66. The van der Waals surface area contributed by atoms with Gasteiger partial charge < -0.3 is 10.2 Å². The zero-order chi connectivity index (χ0) is 14.7. The standard InChI is InChI=1S/C13H11N3O4/c1-7(15-16-12(18)11(14)17)9-6-8-4-2-3-5-10(8)20-13(9)19/h2-6H,1H3,(H2,14,17)(H,16,18)/b15-7-. The van der Waals surface area contributed by atoms with Gasteiger partial charge in [-0.05, 0) is 19.1 Å². The summed E-state index contributed by atoms with van der Waals surface area (Å²) in [5, 5.41) is 4.36. The van der Waals surface area contributed by atoms with Gasteiger partial charge in [-0.2, -0.15) is 5.10 Å². The van der Waals surface area contributed by atoms with Crippen LogP contribution in [0.2, 0.25) is 0 Å². The van der Waals surface area contributed by atoms with Gasteiger partial charge in [-0.25, -0.2) is 10.2 Å². The van der Waals surface area contributed by atoms with Gasteiger partial charge in [0.1, 0.15) is 5.58 Å². The van der Waals surface area contributed by atoms with Crippen LogP contribution in [0.15, 0.2) is 44.6 Å². The monoisotopic (exact) mass is 273 g/mol. The minimum atomic E-state index is -1.16. The number of primary amides is 1. The Hall–Kier alpha value is -2.96. The van der Waals surface area contributed by atoms with Crippen LogP contribution in [-0.4, -0.2) is 17.5 Å². The van der Waals surface area contributed by atoms with Crippen molar-refractivity contribution in [3.63, 3.8) is 0 Å². The van der Waals surface area contributed by atoms with Crippen LogP contribution in [0.3, 0.4) is 0 Å². The minimum absolute atomic E-state index is 0.188. The zero-order valence-corrected chi connectivity index (χ0v) is 10.5. The molecule has 7 heteroatoms. The second kappa shape index (κ2) is 5.35. The van der Waals surface area contributed by atoms with Gasteiger partial charge in [0.2, 0.25) is 0 Å². The van der Waals surface area contributed by atoms with E-state index < -0.39 is 17.4 Å². The van der Waals surface area contributed by atoms with E-state index >= 15 is 0 Å². The molecule has 2 amide bonds. The van der Waals surface area contributed by atoms with Gasteiger partial charge in [0.15, 0.2) is 0 Å². The number of carbonyl (C=O) groups excluding carboxylic acids is 2. The first kappa shape index (κ1) is 13.5. The molecule has 0 atom stereocenters. The van der Waals surface area contributed by atoms with Gasteiger partial charge in [0.25, 0.3) is 0 Å². The first-order valence-corrected chi connectivity index (χ1v) is 5.66. The van der Waals surface area contributed by atoms with Crippen LogP contribution in [0.5, 0.6) is 0 Å². The van der Waals surface area contributed by atoms with Crippen molar-refractivity contribution in [2.24, 2.45) is 10.8 Å². The highest BCUT2D eigenvalue weighted by Gasteiger charge is 2.10. The molecule has 0 saturated carbocycles. The van der Waals surface area contributed by atoms with Crippen LogP contribution in [0, 0.1) is 0 Å². The average molecular weight is 273 g/mol. The molecule has 0 fully saturated rings. The predicted molar refractivity (Wildman–Crippen MR) is 72.0 cm³/mol. The molecule has 0 unspecified atom stereocenters. The fraction of sp³-hybridized carbons (Fsp3) is 0.0769. The topological polar surface area (TPSA) is 115 Å². The smallest absolute Gasteiger partial charge is 0.345 e. The molecule has 0 bridgehead atoms. The predicted octanol–water partition coefficient (Wildman–Crippen LogP) is 0.119. The second-order valence-corrected chi connectivity index (χ2v) is 3.99. The van der Waals surface area contributed by atoms with E-state index in [0.29, 0.717) is 5.58 Å². The molecular formula is C13H11N3O4. The molecule has 1 heterocycles. The lowest BCUT2D eigenvalue weighted by Gasteiger charge is -2.02. The van der Waals surface area contributed by atoms with Gasteiger partial charge in [-0.1, -0.05) is 18.2 Å². The molecule has 2 rings (SSSR count). The number of benzene rings is 1. The number of hydrazone groups is 1. The van der Waals surface area contributed by atoms with Crippen molar-refractivity contribution in [2.45, 2.75) is 6.92 Å². The number of hydrogen-bond acceptors (Lipinski definition) is 5. The molecule has 0 aliphatic heterocycles. The number of fused-ring (bicyclic) bond motifs is 1. The number of carbonyl (C=O) groups is 2. The van der Waals surface area contributed by atoms with Crippen molar-refractivity contribution >= 4 is 28.5 Å². The third kappa shape index (κ3) is 2.72. The number of amides is 2. The number of rotatable bonds is 2. The Balaban J connectivity index is 2.39. The maximum Gasteiger partial charge on any atom is 0.345 e. The minimum Gasteiger partial charge on any atom is -0.422 e. The summed E-state index contributed by atoms with van der Waals surface area (Å²) in [5.41, 5.74) is 6.98. The Bertz CT molecular complexity index is 777.